The van der Waals surface area contributed by atoms with Gasteiger partial charge in [-0.1, -0.05) is 0 Å². The number of hydrogen-bond donors (Lipinski definition) is 2. The summed E-state index contributed by atoms with van der Waals surface area (Å²) >= 11 is 0. The molecule has 4 nitrogen and oxygen atoms in total. The number of rotatable bonds is 2. The third-order valence-electron chi connectivity index (χ3n) is 4.14. The number of piperidine rings is 1. The van der Waals surface area contributed by atoms with E-state index in [0.717, 1.165) is 39.0 Å². The van der Waals surface area contributed by atoms with Crippen LogP contribution in [0.15, 0.2) is 0 Å². The molecule has 2 rings (SSSR count). The highest BCUT2D eigenvalue weighted by Crippen LogP contribution is 2.43. The van der Waals surface area contributed by atoms with Gasteiger partial charge in [0.1, 0.15) is 0 Å². The first-order valence-electron chi connectivity index (χ1n) is 5.81. The Bertz CT molecular complexity index is 229. The zero-order valence-electron chi connectivity index (χ0n) is 9.54. The van der Waals surface area contributed by atoms with E-state index in [9.17, 15) is 5.11 Å². The summed E-state index contributed by atoms with van der Waals surface area (Å²) in [6.07, 6.45) is 2.81. The SMILES string of the molecule is CN1CCCC(O)(C2(CN)CCOC2)C1. The fourth-order valence-electron chi connectivity index (χ4n) is 3.00. The van der Waals surface area contributed by atoms with Gasteiger partial charge in [-0.25, -0.2) is 0 Å². The van der Waals surface area contributed by atoms with Crippen LogP contribution in [-0.2, 0) is 4.74 Å². The van der Waals surface area contributed by atoms with Crippen molar-refractivity contribution in [3.8, 4) is 0 Å². The monoisotopic (exact) mass is 214 g/mol. The minimum atomic E-state index is -0.648. The van der Waals surface area contributed by atoms with Gasteiger partial charge < -0.3 is 20.5 Å². The minimum Gasteiger partial charge on any atom is -0.388 e. The molecule has 3 N–H and O–H groups in total. The van der Waals surface area contributed by atoms with E-state index in [1.807, 2.05) is 0 Å². The molecule has 0 aromatic carbocycles. The summed E-state index contributed by atoms with van der Waals surface area (Å²) in [6, 6.07) is 0. The van der Waals surface area contributed by atoms with Crippen molar-refractivity contribution in [1.29, 1.82) is 0 Å². The van der Waals surface area contributed by atoms with Crippen molar-refractivity contribution in [2.45, 2.75) is 24.9 Å². The molecule has 0 radical (unpaired) electrons. The maximum Gasteiger partial charge on any atom is 0.0865 e. The largest absolute Gasteiger partial charge is 0.388 e. The summed E-state index contributed by atoms with van der Waals surface area (Å²) < 4.78 is 5.45. The van der Waals surface area contributed by atoms with Crippen LogP contribution in [0.4, 0.5) is 0 Å². The van der Waals surface area contributed by atoms with Crippen molar-refractivity contribution in [2.75, 3.05) is 39.9 Å². The summed E-state index contributed by atoms with van der Waals surface area (Å²) in [5.41, 5.74) is 5.02. The van der Waals surface area contributed by atoms with Crippen LogP contribution in [0.25, 0.3) is 0 Å². The smallest absolute Gasteiger partial charge is 0.0865 e. The summed E-state index contributed by atoms with van der Waals surface area (Å²) in [5.74, 6) is 0. The Labute approximate surface area is 91.4 Å². The van der Waals surface area contributed by atoms with Crippen molar-refractivity contribution in [3.05, 3.63) is 0 Å². The molecule has 2 aliphatic rings. The molecule has 2 atom stereocenters. The van der Waals surface area contributed by atoms with Crippen LogP contribution in [0, 0.1) is 5.41 Å². The van der Waals surface area contributed by atoms with E-state index in [1.54, 1.807) is 0 Å². The number of aliphatic hydroxyl groups is 1. The van der Waals surface area contributed by atoms with Gasteiger partial charge in [0.25, 0.3) is 0 Å². The second-order valence-corrected chi connectivity index (χ2v) is 5.16. The number of likely N-dealkylation sites (N-methyl/N-ethyl adjacent to an activating group) is 1. The van der Waals surface area contributed by atoms with Crippen LogP contribution >= 0.6 is 0 Å². The Morgan fingerprint density at radius 2 is 2.27 bits per heavy atom. The Kier molecular flexibility index (Phi) is 3.03. The number of likely N-dealkylation sites (tertiary alicyclic amines) is 1. The van der Waals surface area contributed by atoms with Crippen LogP contribution in [-0.4, -0.2) is 55.5 Å². The van der Waals surface area contributed by atoms with E-state index in [-0.39, 0.29) is 5.41 Å². The minimum absolute atomic E-state index is 0.207. The van der Waals surface area contributed by atoms with Crippen LogP contribution in [0.5, 0.6) is 0 Å². The molecule has 0 aliphatic carbocycles. The average Bonchev–Trinajstić information content (AvgIpc) is 2.67. The van der Waals surface area contributed by atoms with Crippen molar-refractivity contribution >= 4 is 0 Å². The Balaban J connectivity index is 2.17. The van der Waals surface area contributed by atoms with Crippen molar-refractivity contribution in [3.63, 3.8) is 0 Å². The summed E-state index contributed by atoms with van der Waals surface area (Å²) in [5, 5.41) is 10.8. The van der Waals surface area contributed by atoms with E-state index >= 15 is 0 Å². The first kappa shape index (κ1) is 11.3. The summed E-state index contributed by atoms with van der Waals surface area (Å²) in [4.78, 5) is 2.19. The molecule has 2 fully saturated rings. The molecule has 0 aromatic heterocycles. The highest BCUT2D eigenvalue weighted by molar-refractivity contribution is 5.04. The first-order valence-corrected chi connectivity index (χ1v) is 5.81. The molecule has 0 amide bonds. The number of nitrogens with zero attached hydrogens (tertiary/aromatic N) is 1. The molecule has 88 valence electrons. The Morgan fingerprint density at radius 1 is 1.47 bits per heavy atom. The van der Waals surface area contributed by atoms with Gasteiger partial charge in [0.2, 0.25) is 0 Å². The molecule has 2 saturated heterocycles. The topological polar surface area (TPSA) is 58.7 Å². The van der Waals surface area contributed by atoms with Crippen molar-refractivity contribution in [2.24, 2.45) is 11.1 Å². The van der Waals surface area contributed by atoms with Gasteiger partial charge in [-0.3, -0.25) is 0 Å². The van der Waals surface area contributed by atoms with Gasteiger partial charge in [0, 0.05) is 25.1 Å². The standard InChI is InChI=1S/C11H22N2O2/c1-13-5-2-3-11(14,8-13)10(7-12)4-6-15-9-10/h14H,2-9,12H2,1H3. The predicted molar refractivity (Wildman–Crippen MR) is 58.6 cm³/mol. The molecule has 0 aromatic rings. The molecule has 0 bridgehead atoms. The Morgan fingerprint density at radius 3 is 2.80 bits per heavy atom. The average molecular weight is 214 g/mol. The molecule has 0 saturated carbocycles. The lowest BCUT2D eigenvalue weighted by molar-refractivity contribution is -0.120. The van der Waals surface area contributed by atoms with E-state index in [0.29, 0.717) is 13.2 Å². The number of hydrogen-bond acceptors (Lipinski definition) is 4. The lowest BCUT2D eigenvalue weighted by atomic mass is 9.67. The lowest BCUT2D eigenvalue weighted by Gasteiger charge is -2.48. The van der Waals surface area contributed by atoms with E-state index in [2.05, 4.69) is 11.9 Å². The molecular formula is C11H22N2O2. The number of β-amino-alcohol motifs (C(OH)–C–C–N with tert-alkyl or cyclic N) is 1. The second-order valence-electron chi connectivity index (χ2n) is 5.16. The van der Waals surface area contributed by atoms with Gasteiger partial charge in [0.05, 0.1) is 12.2 Å². The maximum atomic E-state index is 10.8. The molecule has 2 aliphatic heterocycles. The highest BCUT2D eigenvalue weighted by Gasteiger charge is 2.52. The number of ether oxygens (including phenoxy) is 1. The first-order chi connectivity index (χ1) is 7.12. The third-order valence-corrected chi connectivity index (χ3v) is 4.14. The van der Waals surface area contributed by atoms with Crippen LogP contribution in [0.1, 0.15) is 19.3 Å². The second kappa shape index (κ2) is 4.01. The van der Waals surface area contributed by atoms with Crippen molar-refractivity contribution in [1.82, 2.24) is 4.90 Å². The van der Waals surface area contributed by atoms with Gasteiger partial charge >= 0.3 is 0 Å². The molecule has 2 heterocycles. The van der Waals surface area contributed by atoms with Crippen LogP contribution in [0.3, 0.4) is 0 Å². The lowest BCUT2D eigenvalue weighted by Crippen LogP contribution is -2.60. The van der Waals surface area contributed by atoms with Gasteiger partial charge in [-0.15, -0.1) is 0 Å². The van der Waals surface area contributed by atoms with E-state index in [1.165, 1.54) is 0 Å². The fourth-order valence-corrected chi connectivity index (χ4v) is 3.00. The molecule has 15 heavy (non-hydrogen) atoms. The maximum absolute atomic E-state index is 10.8. The molecule has 0 spiro atoms. The Hall–Kier alpha value is -0.160. The van der Waals surface area contributed by atoms with Gasteiger partial charge in [-0.05, 0) is 32.9 Å². The third kappa shape index (κ3) is 1.80. The van der Waals surface area contributed by atoms with E-state index < -0.39 is 5.60 Å². The summed E-state index contributed by atoms with van der Waals surface area (Å²) in [6.45, 7) is 3.69. The van der Waals surface area contributed by atoms with Gasteiger partial charge in [0.15, 0.2) is 0 Å². The highest BCUT2D eigenvalue weighted by atomic mass is 16.5. The predicted octanol–water partition coefficient (Wildman–Crippen LogP) is -0.191. The zero-order chi connectivity index (χ0) is 10.9. The van der Waals surface area contributed by atoms with Crippen LogP contribution < -0.4 is 5.73 Å². The normalized spacial score (nSPS) is 43.4. The number of nitrogens with two attached hydrogens (primary N) is 1. The quantitative estimate of drug-likeness (QED) is 0.669. The zero-order valence-corrected chi connectivity index (χ0v) is 9.54. The van der Waals surface area contributed by atoms with E-state index in [4.69, 9.17) is 10.5 Å². The molecule has 2 unspecified atom stereocenters. The van der Waals surface area contributed by atoms with Gasteiger partial charge in [-0.2, -0.15) is 0 Å². The fraction of sp³-hybridized carbons (Fsp3) is 1.00. The molecule has 4 heteroatoms. The summed E-state index contributed by atoms with van der Waals surface area (Å²) in [7, 11) is 2.06. The molecular weight excluding hydrogens is 192 g/mol. The van der Waals surface area contributed by atoms with Crippen LogP contribution in [0.2, 0.25) is 0 Å². The van der Waals surface area contributed by atoms with Crippen molar-refractivity contribution < 1.29 is 9.84 Å².